The van der Waals surface area contributed by atoms with Crippen LogP contribution >= 0.6 is 0 Å². The molecule has 0 fully saturated rings. The molecule has 0 aliphatic carbocycles. The second-order valence-corrected chi connectivity index (χ2v) is 2.57. The van der Waals surface area contributed by atoms with Crippen molar-refractivity contribution in [2.45, 2.75) is 33.6 Å². The highest BCUT2D eigenvalue weighted by molar-refractivity contribution is 5.93. The maximum Gasteiger partial charge on any atom is 0.0372 e. The maximum absolute atomic E-state index is 4.29. The molecule has 0 aromatic carbocycles. The van der Waals surface area contributed by atoms with Crippen molar-refractivity contribution in [3.8, 4) is 0 Å². The highest BCUT2D eigenvalue weighted by Crippen LogP contribution is 2.03. The predicted molar refractivity (Wildman–Crippen MR) is 52.0 cm³/mol. The minimum Gasteiger partial charge on any atom is -0.259 e. The van der Waals surface area contributed by atoms with Crippen molar-refractivity contribution >= 4 is 5.71 Å². The third kappa shape index (κ3) is 5.59. The largest absolute Gasteiger partial charge is 0.259 e. The number of hydrogen-bond donors (Lipinski definition) is 0. The van der Waals surface area contributed by atoms with Gasteiger partial charge in [-0.05, 0) is 26.3 Å². The summed E-state index contributed by atoms with van der Waals surface area (Å²) in [7, 11) is 0. The number of hydrogen-bond acceptors (Lipinski definition) is 1. The van der Waals surface area contributed by atoms with E-state index in [1.165, 1.54) is 0 Å². The van der Waals surface area contributed by atoms with Crippen LogP contribution in [-0.4, -0.2) is 5.71 Å². The van der Waals surface area contributed by atoms with Crippen molar-refractivity contribution in [3.63, 3.8) is 0 Å². The molecule has 1 heteroatoms. The molecule has 0 unspecified atom stereocenters. The second-order valence-electron chi connectivity index (χ2n) is 2.57. The van der Waals surface area contributed by atoms with Gasteiger partial charge in [0.15, 0.2) is 0 Å². The zero-order chi connectivity index (χ0) is 8.69. The zero-order valence-electron chi connectivity index (χ0n) is 7.72. The van der Waals surface area contributed by atoms with Crippen LogP contribution < -0.4 is 0 Å². The lowest BCUT2D eigenvalue weighted by Gasteiger charge is -1.96. The smallest absolute Gasteiger partial charge is 0.0372 e. The van der Waals surface area contributed by atoms with Crippen molar-refractivity contribution < 1.29 is 0 Å². The molecule has 0 bridgehead atoms. The summed E-state index contributed by atoms with van der Waals surface area (Å²) in [4.78, 5) is 4.29. The molecule has 0 atom stereocenters. The molecule has 0 saturated heterocycles. The van der Waals surface area contributed by atoms with Crippen LogP contribution in [0.4, 0.5) is 0 Å². The van der Waals surface area contributed by atoms with Gasteiger partial charge in [-0.25, -0.2) is 0 Å². The minimum atomic E-state index is 0.975. The van der Waals surface area contributed by atoms with Crippen LogP contribution in [0.1, 0.15) is 33.6 Å². The molecule has 0 heterocycles. The van der Waals surface area contributed by atoms with E-state index in [1.54, 1.807) is 0 Å². The third-order valence-corrected chi connectivity index (χ3v) is 1.28. The first-order valence-corrected chi connectivity index (χ1v) is 4.06. The van der Waals surface area contributed by atoms with Gasteiger partial charge in [0.25, 0.3) is 0 Å². The van der Waals surface area contributed by atoms with Gasteiger partial charge in [-0.1, -0.05) is 26.0 Å². The van der Waals surface area contributed by atoms with Gasteiger partial charge in [-0.2, -0.15) is 0 Å². The number of nitrogens with zero attached hydrogens (tertiary/aromatic N) is 1. The molecule has 0 amide bonds. The molecule has 0 aromatic rings. The van der Waals surface area contributed by atoms with Crippen LogP contribution in [0.5, 0.6) is 0 Å². The van der Waals surface area contributed by atoms with E-state index in [0.717, 1.165) is 24.3 Å². The van der Waals surface area contributed by atoms with Gasteiger partial charge in [0.1, 0.15) is 0 Å². The Kier molecular flexibility index (Phi) is 5.44. The Labute approximate surface area is 69.5 Å². The SMILES string of the molecule is C=C(CCC)/N=C(C)\C=C/C. The topological polar surface area (TPSA) is 12.4 Å². The van der Waals surface area contributed by atoms with E-state index in [1.807, 2.05) is 26.0 Å². The molecular formula is C10H17N. The number of rotatable bonds is 4. The van der Waals surface area contributed by atoms with E-state index in [2.05, 4.69) is 18.5 Å². The highest BCUT2D eigenvalue weighted by atomic mass is 14.7. The maximum atomic E-state index is 4.29. The molecule has 11 heavy (non-hydrogen) atoms. The van der Waals surface area contributed by atoms with Gasteiger partial charge in [-0.3, -0.25) is 4.99 Å². The zero-order valence-corrected chi connectivity index (χ0v) is 7.72. The van der Waals surface area contributed by atoms with E-state index in [4.69, 9.17) is 0 Å². The van der Waals surface area contributed by atoms with Crippen LogP contribution in [0.15, 0.2) is 29.4 Å². The van der Waals surface area contributed by atoms with Crippen LogP contribution in [-0.2, 0) is 0 Å². The summed E-state index contributed by atoms with van der Waals surface area (Å²) >= 11 is 0. The summed E-state index contributed by atoms with van der Waals surface area (Å²) < 4.78 is 0. The van der Waals surface area contributed by atoms with E-state index in [0.29, 0.717) is 0 Å². The summed E-state index contributed by atoms with van der Waals surface area (Å²) in [5.41, 5.74) is 2.01. The predicted octanol–water partition coefficient (Wildman–Crippen LogP) is 3.34. The molecule has 0 aliphatic rings. The van der Waals surface area contributed by atoms with Crippen molar-refractivity contribution in [1.29, 1.82) is 0 Å². The van der Waals surface area contributed by atoms with Crippen LogP contribution in [0, 0.1) is 0 Å². The first-order valence-electron chi connectivity index (χ1n) is 4.06. The van der Waals surface area contributed by atoms with E-state index < -0.39 is 0 Å². The van der Waals surface area contributed by atoms with Crippen LogP contribution in [0.3, 0.4) is 0 Å². The van der Waals surface area contributed by atoms with E-state index in [-0.39, 0.29) is 0 Å². The third-order valence-electron chi connectivity index (χ3n) is 1.28. The first-order chi connectivity index (χ1) is 5.20. The standard InChI is InChI=1S/C10H17N/c1-5-7-9(3)11-10(4)8-6-2/h6,8H,3,5,7H2,1-2,4H3/b8-6-,11-10-. The molecule has 0 saturated carbocycles. The number of allylic oxidation sites excluding steroid dienone is 3. The van der Waals surface area contributed by atoms with Gasteiger partial charge < -0.3 is 0 Å². The molecule has 1 nitrogen and oxygen atoms in total. The molecule has 0 radical (unpaired) electrons. The highest BCUT2D eigenvalue weighted by Gasteiger charge is 1.88. The summed E-state index contributed by atoms with van der Waals surface area (Å²) in [5, 5.41) is 0. The first kappa shape index (κ1) is 10.2. The molecule has 0 spiro atoms. The Morgan fingerprint density at radius 2 is 2.18 bits per heavy atom. The summed E-state index contributed by atoms with van der Waals surface area (Å²) in [5.74, 6) is 0. The van der Waals surface area contributed by atoms with Crippen molar-refractivity contribution in [2.75, 3.05) is 0 Å². The van der Waals surface area contributed by atoms with Gasteiger partial charge >= 0.3 is 0 Å². The lowest BCUT2D eigenvalue weighted by molar-refractivity contribution is 0.897. The lowest BCUT2D eigenvalue weighted by atomic mass is 10.3. The molecule has 0 rings (SSSR count). The summed E-state index contributed by atoms with van der Waals surface area (Å²) in [6.07, 6.45) is 6.08. The summed E-state index contributed by atoms with van der Waals surface area (Å²) in [6.45, 7) is 9.95. The van der Waals surface area contributed by atoms with Crippen molar-refractivity contribution in [3.05, 3.63) is 24.4 Å². The monoisotopic (exact) mass is 151 g/mol. The number of aliphatic imine (C=N–C) groups is 1. The Balaban J connectivity index is 3.96. The normalized spacial score (nSPS) is 12.5. The Morgan fingerprint density at radius 1 is 1.55 bits per heavy atom. The van der Waals surface area contributed by atoms with Crippen LogP contribution in [0.2, 0.25) is 0 Å². The second kappa shape index (κ2) is 5.90. The fourth-order valence-corrected chi connectivity index (χ4v) is 0.872. The van der Waals surface area contributed by atoms with Crippen molar-refractivity contribution in [2.24, 2.45) is 4.99 Å². The Bertz CT molecular complexity index is 175. The van der Waals surface area contributed by atoms with Gasteiger partial charge in [0, 0.05) is 11.4 Å². The van der Waals surface area contributed by atoms with Crippen molar-refractivity contribution in [1.82, 2.24) is 0 Å². The minimum absolute atomic E-state index is 0.975. The van der Waals surface area contributed by atoms with E-state index in [9.17, 15) is 0 Å². The molecule has 0 N–H and O–H groups in total. The average molecular weight is 151 g/mol. The lowest BCUT2D eigenvalue weighted by Crippen LogP contribution is -1.85. The van der Waals surface area contributed by atoms with Gasteiger partial charge in [0.2, 0.25) is 0 Å². The Hall–Kier alpha value is -0.850. The molecule has 62 valence electrons. The van der Waals surface area contributed by atoms with Crippen LogP contribution in [0.25, 0.3) is 0 Å². The molecule has 0 aromatic heterocycles. The van der Waals surface area contributed by atoms with E-state index >= 15 is 0 Å². The fraction of sp³-hybridized carbons (Fsp3) is 0.500. The van der Waals surface area contributed by atoms with Gasteiger partial charge in [-0.15, -0.1) is 0 Å². The average Bonchev–Trinajstić information content (AvgIpc) is 1.87. The molecule has 0 aliphatic heterocycles. The molecular weight excluding hydrogens is 134 g/mol. The van der Waals surface area contributed by atoms with Gasteiger partial charge in [0.05, 0.1) is 0 Å². The summed E-state index contributed by atoms with van der Waals surface area (Å²) in [6, 6.07) is 0. The quantitative estimate of drug-likeness (QED) is 0.546. The Morgan fingerprint density at radius 3 is 2.64 bits per heavy atom. The fourth-order valence-electron chi connectivity index (χ4n) is 0.872.